The molecule has 0 unspecified atom stereocenters. The Kier molecular flexibility index (Phi) is 4.10. The number of para-hydroxylation sites is 1. The fourth-order valence-electron chi connectivity index (χ4n) is 2.46. The molecule has 0 aliphatic rings. The molecule has 3 aromatic rings. The van der Waals surface area contributed by atoms with Crippen LogP contribution in [0.4, 0.5) is 11.5 Å². The van der Waals surface area contributed by atoms with Gasteiger partial charge in [-0.15, -0.1) is 0 Å². The second kappa shape index (κ2) is 6.36. The van der Waals surface area contributed by atoms with E-state index in [4.69, 9.17) is 9.47 Å². The molecule has 0 aliphatic carbocycles. The lowest BCUT2D eigenvalue weighted by molar-refractivity contribution is 0.356. The summed E-state index contributed by atoms with van der Waals surface area (Å²) < 4.78 is 10.7. The van der Waals surface area contributed by atoms with E-state index >= 15 is 0 Å². The van der Waals surface area contributed by atoms with E-state index in [0.717, 1.165) is 22.4 Å². The van der Waals surface area contributed by atoms with Crippen LogP contribution in [0.1, 0.15) is 0 Å². The molecule has 1 aromatic heterocycles. The van der Waals surface area contributed by atoms with E-state index in [1.165, 1.54) is 6.33 Å². The van der Waals surface area contributed by atoms with Crippen molar-refractivity contribution in [3.8, 4) is 11.5 Å². The van der Waals surface area contributed by atoms with Gasteiger partial charge in [-0.3, -0.25) is 0 Å². The van der Waals surface area contributed by atoms with Gasteiger partial charge in [0.2, 0.25) is 0 Å². The summed E-state index contributed by atoms with van der Waals surface area (Å²) in [4.78, 5) is 10.7. The van der Waals surface area contributed by atoms with Crippen LogP contribution in [0.2, 0.25) is 0 Å². The predicted molar refractivity (Wildman–Crippen MR) is 91.4 cm³/mol. The molecule has 0 amide bonds. The van der Waals surface area contributed by atoms with Crippen molar-refractivity contribution < 1.29 is 9.47 Å². The van der Waals surface area contributed by atoms with E-state index in [1.54, 1.807) is 20.4 Å². The Labute approximate surface area is 134 Å². The number of benzene rings is 2. The fourth-order valence-corrected chi connectivity index (χ4v) is 2.46. The minimum absolute atomic E-state index is 0.633. The highest BCUT2D eigenvalue weighted by Gasteiger charge is 2.15. The minimum atomic E-state index is 0.633. The molecule has 0 aliphatic heterocycles. The summed E-state index contributed by atoms with van der Waals surface area (Å²) in [5.41, 5.74) is 1.74. The minimum Gasteiger partial charge on any atom is -0.493 e. The Balaban J connectivity index is 2.22. The summed E-state index contributed by atoms with van der Waals surface area (Å²) in [6.45, 7) is 3.91. The first-order valence-electron chi connectivity index (χ1n) is 7.12. The molecule has 2 aromatic carbocycles. The van der Waals surface area contributed by atoms with Crippen LogP contribution in [0.25, 0.3) is 10.9 Å². The van der Waals surface area contributed by atoms with Crippen LogP contribution >= 0.6 is 0 Å². The molecule has 116 valence electrons. The Morgan fingerprint density at radius 1 is 1.00 bits per heavy atom. The number of hydrogen-bond donors (Lipinski definition) is 0. The van der Waals surface area contributed by atoms with E-state index in [0.29, 0.717) is 11.5 Å². The van der Waals surface area contributed by atoms with E-state index in [9.17, 15) is 0 Å². The van der Waals surface area contributed by atoms with Gasteiger partial charge in [-0.2, -0.15) is 0 Å². The average molecular weight is 307 g/mol. The highest BCUT2D eigenvalue weighted by molar-refractivity contribution is 5.94. The van der Waals surface area contributed by atoms with Crippen LogP contribution < -0.4 is 14.4 Å². The van der Waals surface area contributed by atoms with Gasteiger partial charge in [0.15, 0.2) is 11.5 Å². The van der Waals surface area contributed by atoms with Gasteiger partial charge in [0.1, 0.15) is 12.1 Å². The van der Waals surface area contributed by atoms with Crippen LogP contribution in [-0.2, 0) is 0 Å². The number of methoxy groups -OCH3 is 2. The lowest BCUT2D eigenvalue weighted by atomic mass is 10.2. The molecular weight excluding hydrogens is 290 g/mol. The van der Waals surface area contributed by atoms with E-state index in [1.807, 2.05) is 47.4 Å². The molecular formula is C18H17N3O2. The molecule has 0 atom stereocenters. The second-order valence-corrected chi connectivity index (χ2v) is 4.81. The van der Waals surface area contributed by atoms with Gasteiger partial charge in [0.05, 0.1) is 19.7 Å². The second-order valence-electron chi connectivity index (χ2n) is 4.81. The predicted octanol–water partition coefficient (Wildman–Crippen LogP) is 3.93. The number of anilines is 2. The molecule has 5 nitrogen and oxygen atoms in total. The molecule has 0 saturated carbocycles. The number of rotatable bonds is 5. The van der Waals surface area contributed by atoms with Gasteiger partial charge in [0.25, 0.3) is 0 Å². The van der Waals surface area contributed by atoms with Crippen LogP contribution in [0.5, 0.6) is 11.5 Å². The zero-order valence-corrected chi connectivity index (χ0v) is 13.1. The van der Waals surface area contributed by atoms with Crippen molar-refractivity contribution in [2.45, 2.75) is 0 Å². The molecule has 0 saturated heterocycles. The SMILES string of the molecule is C=CN(c1ccccc1)c1ncnc2cc(OC)c(OC)cc12. The van der Waals surface area contributed by atoms with Gasteiger partial charge in [-0.1, -0.05) is 24.8 Å². The van der Waals surface area contributed by atoms with Gasteiger partial charge in [-0.25, -0.2) is 9.97 Å². The molecule has 0 radical (unpaired) electrons. The lowest BCUT2D eigenvalue weighted by Crippen LogP contribution is -2.10. The molecule has 23 heavy (non-hydrogen) atoms. The van der Waals surface area contributed by atoms with E-state index in [2.05, 4.69) is 16.5 Å². The van der Waals surface area contributed by atoms with Gasteiger partial charge >= 0.3 is 0 Å². The smallest absolute Gasteiger partial charge is 0.162 e. The first-order chi connectivity index (χ1) is 11.3. The molecule has 1 heterocycles. The largest absolute Gasteiger partial charge is 0.493 e. The third-order valence-corrected chi connectivity index (χ3v) is 3.56. The molecule has 0 N–H and O–H groups in total. The Bertz CT molecular complexity index is 834. The van der Waals surface area contributed by atoms with Crippen molar-refractivity contribution in [3.63, 3.8) is 0 Å². The molecule has 0 spiro atoms. The Morgan fingerprint density at radius 2 is 1.70 bits per heavy atom. The number of nitrogens with zero attached hydrogens (tertiary/aromatic N) is 3. The Hall–Kier alpha value is -3.08. The van der Waals surface area contributed by atoms with Crippen molar-refractivity contribution in [2.75, 3.05) is 19.1 Å². The van der Waals surface area contributed by atoms with Gasteiger partial charge < -0.3 is 14.4 Å². The van der Waals surface area contributed by atoms with Crippen molar-refractivity contribution >= 4 is 22.4 Å². The fraction of sp³-hybridized carbons (Fsp3) is 0.111. The maximum atomic E-state index is 5.39. The summed E-state index contributed by atoms with van der Waals surface area (Å²) >= 11 is 0. The van der Waals surface area contributed by atoms with E-state index in [-0.39, 0.29) is 0 Å². The van der Waals surface area contributed by atoms with Crippen LogP contribution in [-0.4, -0.2) is 24.2 Å². The van der Waals surface area contributed by atoms with Crippen LogP contribution in [0, 0.1) is 0 Å². The first-order valence-corrected chi connectivity index (χ1v) is 7.12. The van der Waals surface area contributed by atoms with E-state index < -0.39 is 0 Å². The van der Waals surface area contributed by atoms with Gasteiger partial charge in [0, 0.05) is 23.3 Å². The zero-order chi connectivity index (χ0) is 16.2. The molecule has 0 fully saturated rings. The monoisotopic (exact) mass is 307 g/mol. The maximum Gasteiger partial charge on any atom is 0.162 e. The number of hydrogen-bond acceptors (Lipinski definition) is 5. The third-order valence-electron chi connectivity index (χ3n) is 3.56. The van der Waals surface area contributed by atoms with Crippen molar-refractivity contribution in [2.24, 2.45) is 0 Å². The third kappa shape index (κ3) is 2.68. The van der Waals surface area contributed by atoms with Gasteiger partial charge in [-0.05, 0) is 18.2 Å². The zero-order valence-electron chi connectivity index (χ0n) is 13.1. The maximum absolute atomic E-state index is 5.39. The summed E-state index contributed by atoms with van der Waals surface area (Å²) in [6, 6.07) is 13.6. The number of fused-ring (bicyclic) bond motifs is 1. The number of ether oxygens (including phenoxy) is 2. The standard InChI is InChI=1S/C18H17N3O2/c1-4-21(13-8-6-5-7-9-13)18-14-10-16(22-2)17(23-3)11-15(14)19-12-20-18/h4-12H,1H2,2-3H3. The lowest BCUT2D eigenvalue weighted by Gasteiger charge is -2.21. The van der Waals surface area contributed by atoms with Crippen LogP contribution in [0.3, 0.4) is 0 Å². The average Bonchev–Trinajstić information content (AvgIpc) is 2.62. The summed E-state index contributed by atoms with van der Waals surface area (Å²) in [5.74, 6) is 2.00. The highest BCUT2D eigenvalue weighted by atomic mass is 16.5. The van der Waals surface area contributed by atoms with Crippen molar-refractivity contribution in [1.29, 1.82) is 0 Å². The number of aromatic nitrogens is 2. The molecule has 0 bridgehead atoms. The summed E-state index contributed by atoms with van der Waals surface area (Å²) in [6.07, 6.45) is 3.26. The Morgan fingerprint density at radius 3 is 2.35 bits per heavy atom. The summed E-state index contributed by atoms with van der Waals surface area (Å²) in [7, 11) is 3.21. The molecule has 3 rings (SSSR count). The normalized spacial score (nSPS) is 10.3. The highest BCUT2D eigenvalue weighted by Crippen LogP contribution is 2.36. The van der Waals surface area contributed by atoms with Crippen molar-refractivity contribution in [1.82, 2.24) is 9.97 Å². The summed E-state index contributed by atoms with van der Waals surface area (Å²) in [5, 5.41) is 0.855. The quantitative estimate of drug-likeness (QED) is 0.715. The first kappa shape index (κ1) is 14.8. The topological polar surface area (TPSA) is 47.5 Å². The van der Waals surface area contributed by atoms with Crippen LogP contribution in [0.15, 0.2) is 61.6 Å². The molecule has 5 heteroatoms. The van der Waals surface area contributed by atoms with Crippen molar-refractivity contribution in [3.05, 3.63) is 61.6 Å².